The zero-order valence-corrected chi connectivity index (χ0v) is 48.5. The highest BCUT2D eigenvalue weighted by atomic mass is 16.5. The lowest BCUT2D eigenvalue weighted by Crippen LogP contribution is -2.71. The first-order chi connectivity index (χ1) is 37.3. The van der Waals surface area contributed by atoms with Crippen molar-refractivity contribution in [1.29, 1.82) is 0 Å². The van der Waals surface area contributed by atoms with E-state index in [1.807, 2.05) is 52.8 Å². The molecule has 440 valence electrons. The minimum absolute atomic E-state index is 0.000388. The van der Waals surface area contributed by atoms with Gasteiger partial charge in [-0.2, -0.15) is 0 Å². The van der Waals surface area contributed by atoms with E-state index in [0.29, 0.717) is 55.2 Å². The number of amides is 4. The summed E-state index contributed by atoms with van der Waals surface area (Å²) in [6.45, 7) is 20.0. The van der Waals surface area contributed by atoms with Gasteiger partial charge in [-0.25, -0.2) is 5.43 Å². The van der Waals surface area contributed by atoms with E-state index >= 15 is 0 Å². The number of aliphatic hydroxyl groups is 4. The Hall–Kier alpha value is -5.24. The van der Waals surface area contributed by atoms with Gasteiger partial charge in [0.05, 0.1) is 36.4 Å². The summed E-state index contributed by atoms with van der Waals surface area (Å²) >= 11 is 0. The number of carbonyl (C=O) groups is 6. The first kappa shape index (κ1) is 64.6. The fourth-order valence-corrected chi connectivity index (χ4v) is 11.4. The molecule has 3 fully saturated rings. The number of nitrogens with zero attached hydrogens (tertiary/aromatic N) is 1. The van der Waals surface area contributed by atoms with Crippen molar-refractivity contribution < 1.29 is 63.8 Å². The number of esters is 1. The molecule has 1 aromatic carbocycles. The number of rotatable bonds is 15. The summed E-state index contributed by atoms with van der Waals surface area (Å²) in [7, 11) is 0. The summed E-state index contributed by atoms with van der Waals surface area (Å²) in [5.74, 6) is -6.29. The van der Waals surface area contributed by atoms with Gasteiger partial charge in [-0.1, -0.05) is 110 Å². The Morgan fingerprint density at radius 2 is 1.67 bits per heavy atom. The molecule has 1 unspecified atom stereocenters. The van der Waals surface area contributed by atoms with Crippen LogP contribution in [0.25, 0.3) is 0 Å². The number of allylic oxidation sites excluding steroid dienone is 5. The first-order valence-corrected chi connectivity index (χ1v) is 28.8. The predicted molar refractivity (Wildman–Crippen MR) is 300 cm³/mol. The number of carbonyl (C=O) groups excluding carboxylic acids is 6. The van der Waals surface area contributed by atoms with E-state index in [1.165, 1.54) is 24.1 Å². The monoisotopic (exact) mass is 1100 g/mol. The molecule has 79 heavy (non-hydrogen) atoms. The number of aryl methyl sites for hydroxylation is 1. The molecule has 4 heterocycles. The van der Waals surface area contributed by atoms with Crippen molar-refractivity contribution >= 4 is 35.4 Å². The second-order valence-corrected chi connectivity index (χ2v) is 23.6. The second-order valence-electron chi connectivity index (χ2n) is 23.6. The molecule has 1 aromatic rings. The molecule has 17 atom stereocenters. The van der Waals surface area contributed by atoms with Crippen LogP contribution in [0.1, 0.15) is 145 Å². The maximum Gasteiger partial charge on any atom is 0.325 e. The molecule has 0 radical (unpaired) electrons. The van der Waals surface area contributed by atoms with Crippen LogP contribution in [0.5, 0.6) is 5.75 Å². The normalized spacial score (nSPS) is 34.7. The van der Waals surface area contributed by atoms with Crippen molar-refractivity contribution in [3.63, 3.8) is 0 Å². The zero-order chi connectivity index (χ0) is 58.5. The summed E-state index contributed by atoms with van der Waals surface area (Å²) in [6.07, 6.45) is 10.6. The average Bonchev–Trinajstić information content (AvgIpc) is 3.60. The van der Waals surface area contributed by atoms with Crippen molar-refractivity contribution in [1.82, 2.24) is 26.4 Å². The molecule has 4 aliphatic rings. The Morgan fingerprint density at radius 1 is 0.949 bits per heavy atom. The van der Waals surface area contributed by atoms with Gasteiger partial charge in [-0.15, -0.1) is 0 Å². The number of phenolic OH excluding ortho intramolecular Hbond substituents is 1. The first-order valence-electron chi connectivity index (χ1n) is 28.8. The van der Waals surface area contributed by atoms with Gasteiger partial charge < -0.3 is 55.8 Å². The minimum Gasteiger partial charge on any atom is -0.508 e. The molecule has 1 spiro atoms. The number of ketones is 1. The molecule has 3 saturated heterocycles. The summed E-state index contributed by atoms with van der Waals surface area (Å²) in [5.41, 5.74) is 3.89. The maximum atomic E-state index is 14.6. The van der Waals surface area contributed by atoms with E-state index < -0.39 is 102 Å². The number of Topliss-reactive ketones (excluding diaryl/α,β-unsaturated/α-hetero) is 1. The number of hydrogen-bond acceptors (Lipinski definition) is 14. The molecule has 4 aliphatic heterocycles. The second kappa shape index (κ2) is 29.5. The number of hydrazine groups is 1. The zero-order valence-electron chi connectivity index (χ0n) is 48.5. The minimum atomic E-state index is -1.44. The number of benzene rings is 1. The summed E-state index contributed by atoms with van der Waals surface area (Å²) in [6, 6.07) is 1.57. The molecule has 18 heteroatoms. The van der Waals surface area contributed by atoms with Crippen molar-refractivity contribution in [2.24, 2.45) is 47.3 Å². The SMILES string of the molecule is CC[C@H]1C[C@H](C)[C@@]2(NC1=O)O[C@H](C[C@H](O)[C@@H](C)CC/C=C\C=C(/C)[C@@H]1C/C=C/C=C/[C@H](O)[C@H](C)[C@@H](O)[C@@H](CCC(C)=O)C(=O)N[C@@H](C(C)C)C(=O)N[C@@H](Cc3ccc(C)c(O)c3)C(=O)N3CCCC(N3)C(=O)O1)[C@H](C)[C@H](O)[C@@H]2C. The van der Waals surface area contributed by atoms with E-state index in [9.17, 15) is 54.3 Å². The number of piperidine rings is 1. The summed E-state index contributed by atoms with van der Waals surface area (Å²) in [4.78, 5) is 82.4. The number of nitrogens with one attached hydrogen (secondary N) is 4. The Morgan fingerprint density at radius 3 is 2.34 bits per heavy atom. The predicted octanol–water partition coefficient (Wildman–Crippen LogP) is 5.72. The molecule has 2 bridgehead atoms. The third kappa shape index (κ3) is 16.9. The highest BCUT2D eigenvalue weighted by Crippen LogP contribution is 2.46. The van der Waals surface area contributed by atoms with Crippen molar-refractivity contribution in [3.05, 3.63) is 77.4 Å². The number of cyclic esters (lactones) is 1. The third-order valence-electron chi connectivity index (χ3n) is 17.2. The van der Waals surface area contributed by atoms with E-state index in [4.69, 9.17) is 9.47 Å². The van der Waals surface area contributed by atoms with Crippen molar-refractivity contribution in [3.8, 4) is 5.75 Å². The number of hydrogen-bond donors (Lipinski definition) is 9. The van der Waals surface area contributed by atoms with Gasteiger partial charge in [0, 0.05) is 61.8 Å². The van der Waals surface area contributed by atoms with Crippen LogP contribution in [0.3, 0.4) is 0 Å². The van der Waals surface area contributed by atoms with Gasteiger partial charge in [0.1, 0.15) is 41.5 Å². The topological polar surface area (TPSA) is 273 Å². The average molecular weight is 1100 g/mol. The number of fused-ring (bicyclic) bond motifs is 2. The quantitative estimate of drug-likeness (QED) is 0.0752. The molecule has 0 aliphatic carbocycles. The molecule has 5 rings (SSSR count). The third-order valence-corrected chi connectivity index (χ3v) is 17.2. The van der Waals surface area contributed by atoms with E-state index in [2.05, 4.69) is 28.3 Å². The van der Waals surface area contributed by atoms with Crippen molar-refractivity contribution in [2.45, 2.75) is 207 Å². The molecular weight excluding hydrogens is 1010 g/mol. The Bertz CT molecular complexity index is 2390. The van der Waals surface area contributed by atoms with E-state index in [1.54, 1.807) is 58.1 Å². The number of phenols is 1. The number of aromatic hydroxyl groups is 1. The molecule has 18 nitrogen and oxygen atoms in total. The van der Waals surface area contributed by atoms with Crippen LogP contribution in [-0.4, -0.2) is 133 Å². The van der Waals surface area contributed by atoms with Crippen LogP contribution in [0.4, 0.5) is 0 Å². The van der Waals surface area contributed by atoms with Gasteiger partial charge in [0.25, 0.3) is 5.91 Å². The fourth-order valence-electron chi connectivity index (χ4n) is 11.4. The smallest absolute Gasteiger partial charge is 0.325 e. The lowest BCUT2D eigenvalue weighted by Gasteiger charge is -2.56. The molecule has 0 saturated carbocycles. The Balaban J connectivity index is 1.36. The highest BCUT2D eigenvalue weighted by molar-refractivity contribution is 5.93. The number of ether oxygens (including phenoxy) is 2. The lowest BCUT2D eigenvalue weighted by molar-refractivity contribution is -0.267. The molecule has 0 aromatic heterocycles. The summed E-state index contributed by atoms with van der Waals surface area (Å²) < 4.78 is 12.9. The van der Waals surface area contributed by atoms with E-state index in [0.717, 1.165) is 6.42 Å². The summed E-state index contributed by atoms with van der Waals surface area (Å²) in [5, 5.41) is 66.4. The van der Waals surface area contributed by atoms with Crippen LogP contribution in [0, 0.1) is 54.3 Å². The van der Waals surface area contributed by atoms with Gasteiger partial charge in [-0.3, -0.25) is 29.0 Å². The molecule has 9 N–H and O–H groups in total. The van der Waals surface area contributed by atoms with Crippen molar-refractivity contribution in [2.75, 3.05) is 6.54 Å². The van der Waals surface area contributed by atoms with Gasteiger partial charge >= 0.3 is 5.97 Å². The van der Waals surface area contributed by atoms with Crippen LogP contribution in [0.2, 0.25) is 0 Å². The van der Waals surface area contributed by atoms with Gasteiger partial charge in [0.15, 0.2) is 0 Å². The number of aliphatic hydroxyl groups excluding tert-OH is 4. The van der Waals surface area contributed by atoms with Gasteiger partial charge in [-0.05, 0) is 100 Å². The Kier molecular flexibility index (Phi) is 24.1. The maximum absolute atomic E-state index is 14.6. The van der Waals surface area contributed by atoms with Crippen LogP contribution >= 0.6 is 0 Å². The fraction of sp³-hybridized carbons (Fsp3) is 0.672. The van der Waals surface area contributed by atoms with Crippen LogP contribution in [-0.2, 0) is 44.7 Å². The highest BCUT2D eigenvalue weighted by Gasteiger charge is 2.57. The van der Waals surface area contributed by atoms with E-state index in [-0.39, 0.29) is 79.3 Å². The van der Waals surface area contributed by atoms with Crippen LogP contribution in [0.15, 0.2) is 66.3 Å². The van der Waals surface area contributed by atoms with Crippen LogP contribution < -0.4 is 21.4 Å². The largest absolute Gasteiger partial charge is 0.508 e. The van der Waals surface area contributed by atoms with Gasteiger partial charge in [0.2, 0.25) is 17.7 Å². The standard InChI is InChI=1S/C61H93N5O13/c1-12-44-30-38(7)61(64-56(44)73)42(11)54(71)41(10)52(79-61)33-50(70)35(4)20-15-13-16-21-37(6)51-24-18-14-17-23-48(68)40(9)55(72)45(28-26-39(8)67)57(74)63-53(34(2)3)58(75)62-47(31-43-27-25-36(5)49(69)32-43)59(76)66-29-19-22-46(65-66)60(77)78-51/h13-14,16-18,21,23,25,27,32,34-35,38,40-42,44-48,50-55,65,68-72H,12,15,19-20,22,24,26,28-31,33H2,1-11H3,(H,62,75)(H,63,74)(H,64,73)/b16-13-,18-14+,23-17+,37-21+/t35-,38-,40-,41-,42-,44-,45+,46?,47-,48-,50-,51-,52+,53-,54-,55+,61+/m0/s1. The molecular formula is C61H93N5O13. The molecule has 4 amide bonds. The Labute approximate surface area is 468 Å². The lowest BCUT2D eigenvalue weighted by atomic mass is 9.69.